The molecule has 98 valence electrons. The first-order valence-corrected chi connectivity index (χ1v) is 7.06. The van der Waals surface area contributed by atoms with Crippen LogP contribution in [0.5, 0.6) is 0 Å². The molecule has 0 radical (unpaired) electrons. The van der Waals surface area contributed by atoms with Crippen molar-refractivity contribution in [2.24, 2.45) is 5.92 Å². The molecule has 2 unspecified atom stereocenters. The summed E-state index contributed by atoms with van der Waals surface area (Å²) in [6.07, 6.45) is 0.892. The Bertz CT molecular complexity index is 426. The summed E-state index contributed by atoms with van der Waals surface area (Å²) in [5, 5.41) is 12.2. The molecule has 0 amide bonds. The Morgan fingerprint density at radius 3 is 2.89 bits per heavy atom. The van der Waals surface area contributed by atoms with Crippen molar-refractivity contribution in [1.82, 2.24) is 0 Å². The molecule has 0 aliphatic carbocycles. The van der Waals surface area contributed by atoms with E-state index in [0.717, 1.165) is 23.5 Å². The molecular weight excluding hydrogens is 253 g/mol. The summed E-state index contributed by atoms with van der Waals surface area (Å²) < 4.78 is 13.3. The molecule has 0 saturated carbocycles. The van der Waals surface area contributed by atoms with E-state index in [4.69, 9.17) is 0 Å². The number of anilines is 1. The Morgan fingerprint density at radius 2 is 2.33 bits per heavy atom. The van der Waals surface area contributed by atoms with Gasteiger partial charge >= 0.3 is 5.97 Å². The van der Waals surface area contributed by atoms with E-state index in [0.29, 0.717) is 5.69 Å². The van der Waals surface area contributed by atoms with E-state index in [1.54, 1.807) is 24.8 Å². The maximum atomic E-state index is 13.3. The van der Waals surface area contributed by atoms with Crippen molar-refractivity contribution in [2.45, 2.75) is 19.4 Å². The van der Waals surface area contributed by atoms with E-state index >= 15 is 0 Å². The lowest BCUT2D eigenvalue weighted by Gasteiger charge is -2.21. The van der Waals surface area contributed by atoms with Crippen LogP contribution in [0.4, 0.5) is 10.1 Å². The van der Waals surface area contributed by atoms with Crippen LogP contribution in [0, 0.1) is 18.7 Å². The van der Waals surface area contributed by atoms with Crippen molar-refractivity contribution < 1.29 is 14.3 Å². The zero-order valence-corrected chi connectivity index (χ0v) is 11.0. The highest BCUT2D eigenvalue weighted by molar-refractivity contribution is 7.99. The lowest BCUT2D eigenvalue weighted by Crippen LogP contribution is -2.37. The fraction of sp³-hybridized carbons (Fsp3) is 0.462. The van der Waals surface area contributed by atoms with Gasteiger partial charge in [0.25, 0.3) is 0 Å². The second-order valence-corrected chi connectivity index (χ2v) is 5.75. The molecule has 0 aromatic heterocycles. The molecule has 2 N–H and O–H groups in total. The lowest BCUT2D eigenvalue weighted by atomic mass is 9.99. The third-order valence-corrected chi connectivity index (χ3v) is 4.25. The zero-order chi connectivity index (χ0) is 13.1. The molecule has 2 atom stereocenters. The first-order chi connectivity index (χ1) is 8.56. The molecule has 5 heteroatoms. The third kappa shape index (κ3) is 3.16. The highest BCUT2D eigenvalue weighted by Gasteiger charge is 2.30. The summed E-state index contributed by atoms with van der Waals surface area (Å²) in [4.78, 5) is 11.3. The fourth-order valence-corrected chi connectivity index (χ4v) is 3.49. The first kappa shape index (κ1) is 13.2. The molecule has 3 nitrogen and oxygen atoms in total. The topological polar surface area (TPSA) is 49.3 Å². The standard InChI is InChI=1S/C13H16FNO2S/c1-8-4-10(14)6-11(5-8)15-12(13(16)17)9-2-3-18-7-9/h4-6,9,12,15H,2-3,7H2,1H3,(H,16,17). The lowest BCUT2D eigenvalue weighted by molar-refractivity contribution is -0.138. The summed E-state index contributed by atoms with van der Waals surface area (Å²) in [7, 11) is 0. The minimum Gasteiger partial charge on any atom is -0.480 e. The van der Waals surface area contributed by atoms with Gasteiger partial charge in [-0.1, -0.05) is 0 Å². The van der Waals surface area contributed by atoms with Crippen LogP contribution in [0.1, 0.15) is 12.0 Å². The molecule has 1 aliphatic heterocycles. The van der Waals surface area contributed by atoms with E-state index < -0.39 is 12.0 Å². The molecule has 1 heterocycles. The smallest absolute Gasteiger partial charge is 0.326 e. The molecular formula is C13H16FNO2S. The molecule has 2 rings (SSSR count). The van der Waals surface area contributed by atoms with Gasteiger partial charge in [-0.2, -0.15) is 11.8 Å². The van der Waals surface area contributed by atoms with Crippen LogP contribution in [0.15, 0.2) is 18.2 Å². The van der Waals surface area contributed by atoms with Gasteiger partial charge in [-0.25, -0.2) is 9.18 Å². The third-order valence-electron chi connectivity index (χ3n) is 3.07. The fourth-order valence-electron chi connectivity index (χ4n) is 2.20. The molecule has 1 aromatic carbocycles. The van der Waals surface area contributed by atoms with Crippen molar-refractivity contribution in [1.29, 1.82) is 0 Å². The summed E-state index contributed by atoms with van der Waals surface area (Å²) in [5.41, 5.74) is 1.32. The number of halogens is 1. The van der Waals surface area contributed by atoms with Crippen molar-refractivity contribution in [3.63, 3.8) is 0 Å². The Labute approximate surface area is 110 Å². The van der Waals surface area contributed by atoms with Crippen LogP contribution in [-0.4, -0.2) is 28.6 Å². The number of benzene rings is 1. The highest BCUT2D eigenvalue weighted by Crippen LogP contribution is 2.28. The van der Waals surface area contributed by atoms with E-state index in [1.165, 1.54) is 12.1 Å². The molecule has 0 spiro atoms. The van der Waals surface area contributed by atoms with E-state index in [2.05, 4.69) is 5.32 Å². The number of aryl methyl sites for hydroxylation is 1. The number of carboxylic acid groups (broad SMARTS) is 1. The van der Waals surface area contributed by atoms with E-state index in [1.807, 2.05) is 0 Å². The number of nitrogens with one attached hydrogen (secondary N) is 1. The summed E-state index contributed by atoms with van der Waals surface area (Å²) in [6, 6.07) is 3.89. The quantitative estimate of drug-likeness (QED) is 0.882. The Morgan fingerprint density at radius 1 is 1.56 bits per heavy atom. The second-order valence-electron chi connectivity index (χ2n) is 4.60. The maximum absolute atomic E-state index is 13.3. The largest absolute Gasteiger partial charge is 0.480 e. The number of carbonyl (C=O) groups is 1. The SMILES string of the molecule is Cc1cc(F)cc(NC(C(=O)O)C2CCSC2)c1. The number of rotatable bonds is 4. The van der Waals surface area contributed by atoms with Gasteiger partial charge < -0.3 is 10.4 Å². The highest BCUT2D eigenvalue weighted by atomic mass is 32.2. The monoisotopic (exact) mass is 269 g/mol. The van der Waals surface area contributed by atoms with Gasteiger partial charge in [0.2, 0.25) is 0 Å². The van der Waals surface area contributed by atoms with Gasteiger partial charge in [0.05, 0.1) is 0 Å². The second kappa shape index (κ2) is 5.61. The number of hydrogen-bond donors (Lipinski definition) is 2. The Hall–Kier alpha value is -1.23. The summed E-state index contributed by atoms with van der Waals surface area (Å²) in [6.45, 7) is 1.79. The normalized spacial score (nSPS) is 20.7. The summed E-state index contributed by atoms with van der Waals surface area (Å²) >= 11 is 1.77. The van der Waals surface area contributed by atoms with Crippen LogP contribution in [0.25, 0.3) is 0 Å². The van der Waals surface area contributed by atoms with Crippen molar-refractivity contribution in [3.8, 4) is 0 Å². The van der Waals surface area contributed by atoms with Crippen LogP contribution in [-0.2, 0) is 4.79 Å². The molecule has 1 aromatic rings. The number of aliphatic carboxylic acids is 1. The zero-order valence-electron chi connectivity index (χ0n) is 10.1. The van der Waals surface area contributed by atoms with Crippen LogP contribution in [0.3, 0.4) is 0 Å². The number of thioether (sulfide) groups is 1. The first-order valence-electron chi connectivity index (χ1n) is 5.90. The predicted molar refractivity (Wildman–Crippen MR) is 71.6 cm³/mol. The maximum Gasteiger partial charge on any atom is 0.326 e. The molecule has 1 saturated heterocycles. The molecule has 0 bridgehead atoms. The summed E-state index contributed by atoms with van der Waals surface area (Å²) in [5.74, 6) is 0.735. The van der Waals surface area contributed by atoms with Crippen molar-refractivity contribution in [2.75, 3.05) is 16.8 Å². The van der Waals surface area contributed by atoms with Crippen molar-refractivity contribution in [3.05, 3.63) is 29.6 Å². The molecule has 1 aliphatic rings. The van der Waals surface area contributed by atoms with E-state index in [9.17, 15) is 14.3 Å². The molecule has 18 heavy (non-hydrogen) atoms. The Kier molecular flexibility index (Phi) is 4.11. The van der Waals surface area contributed by atoms with Crippen molar-refractivity contribution >= 4 is 23.4 Å². The molecule has 1 fully saturated rings. The van der Waals surface area contributed by atoms with Crippen LogP contribution in [0.2, 0.25) is 0 Å². The van der Waals surface area contributed by atoms with Gasteiger partial charge in [-0.15, -0.1) is 0 Å². The van der Waals surface area contributed by atoms with E-state index in [-0.39, 0.29) is 11.7 Å². The van der Waals surface area contributed by atoms with Gasteiger partial charge in [0, 0.05) is 5.69 Å². The van der Waals surface area contributed by atoms with Crippen LogP contribution >= 0.6 is 11.8 Å². The average molecular weight is 269 g/mol. The number of hydrogen-bond acceptors (Lipinski definition) is 3. The minimum atomic E-state index is -0.871. The van der Waals surface area contributed by atoms with Crippen LogP contribution < -0.4 is 5.32 Å². The van der Waals surface area contributed by atoms with Gasteiger partial charge in [-0.05, 0) is 54.5 Å². The average Bonchev–Trinajstić information content (AvgIpc) is 2.77. The predicted octanol–water partition coefficient (Wildman–Crippen LogP) is 2.75. The number of carboxylic acids is 1. The minimum absolute atomic E-state index is 0.107. The van der Waals surface area contributed by atoms with Gasteiger partial charge in [-0.3, -0.25) is 0 Å². The van der Waals surface area contributed by atoms with Gasteiger partial charge in [0.15, 0.2) is 0 Å². The Balaban J connectivity index is 2.15. The van der Waals surface area contributed by atoms with Gasteiger partial charge in [0.1, 0.15) is 11.9 Å².